The van der Waals surface area contributed by atoms with Gasteiger partial charge in [0.25, 0.3) is 0 Å². The molecule has 2 aliphatic heterocycles. The first kappa shape index (κ1) is 20.8. The SMILES string of the molecule is CC(C)(C)C(=O)N1CC2(CCNCC2)c2c(F)c(F)cc(OCc3ccccc3)c21. The van der Waals surface area contributed by atoms with Crippen molar-refractivity contribution in [1.82, 2.24) is 5.32 Å². The predicted octanol–water partition coefficient (Wildman–Crippen LogP) is 4.56. The van der Waals surface area contributed by atoms with Gasteiger partial charge in [-0.2, -0.15) is 0 Å². The number of piperidine rings is 1. The van der Waals surface area contributed by atoms with E-state index in [-0.39, 0.29) is 18.3 Å². The molecule has 2 aromatic rings. The molecule has 0 aliphatic carbocycles. The number of halogens is 2. The number of rotatable bonds is 3. The standard InChI is InChI=1S/C24H28F2N2O2/c1-23(2,3)22(29)28-15-24(9-11-27-12-10-24)19-20(26)17(25)13-18(21(19)28)30-14-16-7-5-4-6-8-16/h4-8,13,27H,9-12,14-15H2,1-3H3. The summed E-state index contributed by atoms with van der Waals surface area (Å²) in [7, 11) is 0. The number of carbonyl (C=O) groups is 1. The van der Waals surface area contributed by atoms with E-state index < -0.39 is 22.5 Å². The number of hydrogen-bond donors (Lipinski definition) is 1. The minimum Gasteiger partial charge on any atom is -0.487 e. The summed E-state index contributed by atoms with van der Waals surface area (Å²) < 4.78 is 35.9. The highest BCUT2D eigenvalue weighted by molar-refractivity contribution is 6.01. The van der Waals surface area contributed by atoms with Crippen LogP contribution in [0.15, 0.2) is 36.4 Å². The second-order valence-electron chi connectivity index (χ2n) is 9.34. The Balaban J connectivity index is 1.83. The third kappa shape index (κ3) is 3.58. The summed E-state index contributed by atoms with van der Waals surface area (Å²) in [5.74, 6) is -1.68. The second kappa shape index (κ2) is 7.65. The van der Waals surface area contributed by atoms with Crippen LogP contribution in [0.3, 0.4) is 0 Å². The van der Waals surface area contributed by atoms with Crippen LogP contribution in [-0.2, 0) is 16.8 Å². The predicted molar refractivity (Wildman–Crippen MR) is 113 cm³/mol. The summed E-state index contributed by atoms with van der Waals surface area (Å²) >= 11 is 0. The molecule has 1 saturated heterocycles. The van der Waals surface area contributed by atoms with Crippen molar-refractivity contribution in [2.75, 3.05) is 24.5 Å². The van der Waals surface area contributed by atoms with Crippen molar-refractivity contribution in [2.24, 2.45) is 5.41 Å². The van der Waals surface area contributed by atoms with Crippen LogP contribution in [-0.4, -0.2) is 25.5 Å². The van der Waals surface area contributed by atoms with Gasteiger partial charge in [0, 0.05) is 29.0 Å². The van der Waals surface area contributed by atoms with Crippen LogP contribution in [0.25, 0.3) is 0 Å². The lowest BCUT2D eigenvalue weighted by molar-refractivity contribution is -0.125. The second-order valence-corrected chi connectivity index (χ2v) is 9.34. The molecule has 2 aromatic carbocycles. The number of nitrogens with zero attached hydrogens (tertiary/aromatic N) is 1. The third-order valence-electron chi connectivity index (χ3n) is 6.10. The zero-order valence-corrected chi connectivity index (χ0v) is 17.7. The zero-order valence-electron chi connectivity index (χ0n) is 17.7. The molecule has 1 N–H and O–H groups in total. The number of benzene rings is 2. The van der Waals surface area contributed by atoms with Gasteiger partial charge in [-0.25, -0.2) is 8.78 Å². The summed E-state index contributed by atoms with van der Waals surface area (Å²) in [6.07, 6.45) is 1.29. The highest BCUT2D eigenvalue weighted by Crippen LogP contribution is 2.52. The number of amides is 1. The fraction of sp³-hybridized carbons (Fsp3) is 0.458. The molecule has 2 aliphatic rings. The fourth-order valence-corrected chi connectivity index (χ4v) is 4.54. The number of ether oxygens (including phenoxy) is 1. The van der Waals surface area contributed by atoms with Gasteiger partial charge < -0.3 is 15.0 Å². The van der Waals surface area contributed by atoms with E-state index in [0.29, 0.717) is 43.7 Å². The molecule has 30 heavy (non-hydrogen) atoms. The third-order valence-corrected chi connectivity index (χ3v) is 6.10. The van der Waals surface area contributed by atoms with Crippen molar-refractivity contribution in [1.29, 1.82) is 0 Å². The molecule has 0 atom stereocenters. The Morgan fingerprint density at radius 2 is 1.83 bits per heavy atom. The summed E-state index contributed by atoms with van der Waals surface area (Å²) in [4.78, 5) is 14.9. The van der Waals surface area contributed by atoms with Gasteiger partial charge in [-0.3, -0.25) is 4.79 Å². The van der Waals surface area contributed by atoms with Crippen LogP contribution >= 0.6 is 0 Å². The van der Waals surface area contributed by atoms with Gasteiger partial charge >= 0.3 is 0 Å². The Morgan fingerprint density at radius 1 is 1.17 bits per heavy atom. The molecule has 6 heteroatoms. The molecule has 1 amide bonds. The minimum atomic E-state index is -0.931. The Kier molecular flexibility index (Phi) is 5.30. The van der Waals surface area contributed by atoms with Crippen molar-refractivity contribution in [3.05, 3.63) is 59.2 Å². The summed E-state index contributed by atoms with van der Waals surface area (Å²) in [5.41, 5.74) is 0.353. The lowest BCUT2D eigenvalue weighted by atomic mass is 9.74. The van der Waals surface area contributed by atoms with Gasteiger partial charge in [0.2, 0.25) is 5.91 Å². The van der Waals surface area contributed by atoms with Gasteiger partial charge in [-0.15, -0.1) is 0 Å². The highest BCUT2D eigenvalue weighted by Gasteiger charge is 2.50. The van der Waals surface area contributed by atoms with Crippen molar-refractivity contribution >= 4 is 11.6 Å². The Labute approximate surface area is 176 Å². The molecule has 0 saturated carbocycles. The summed E-state index contributed by atoms with van der Waals surface area (Å²) in [5, 5.41) is 3.29. The van der Waals surface area contributed by atoms with E-state index in [1.807, 2.05) is 51.1 Å². The van der Waals surface area contributed by atoms with E-state index in [4.69, 9.17) is 4.74 Å². The zero-order chi connectivity index (χ0) is 21.5. The quantitative estimate of drug-likeness (QED) is 0.801. The Bertz CT molecular complexity index is 948. The smallest absolute Gasteiger partial charge is 0.232 e. The summed E-state index contributed by atoms with van der Waals surface area (Å²) in [6.45, 7) is 7.49. The first-order valence-electron chi connectivity index (χ1n) is 10.4. The first-order valence-corrected chi connectivity index (χ1v) is 10.4. The van der Waals surface area contributed by atoms with Crippen molar-refractivity contribution < 1.29 is 18.3 Å². The van der Waals surface area contributed by atoms with Crippen LogP contribution in [0.4, 0.5) is 14.5 Å². The molecule has 0 radical (unpaired) electrons. The largest absolute Gasteiger partial charge is 0.487 e. The lowest BCUT2D eigenvalue weighted by Gasteiger charge is -2.35. The van der Waals surface area contributed by atoms with Gasteiger partial charge in [0.1, 0.15) is 12.4 Å². The summed E-state index contributed by atoms with van der Waals surface area (Å²) in [6, 6.07) is 10.6. The Morgan fingerprint density at radius 3 is 2.47 bits per heavy atom. The number of anilines is 1. The van der Waals surface area contributed by atoms with Crippen molar-refractivity contribution in [3.63, 3.8) is 0 Å². The van der Waals surface area contributed by atoms with Crippen LogP contribution in [0.1, 0.15) is 44.7 Å². The van der Waals surface area contributed by atoms with E-state index in [9.17, 15) is 9.18 Å². The topological polar surface area (TPSA) is 41.6 Å². The van der Waals surface area contributed by atoms with Gasteiger partial charge in [-0.1, -0.05) is 51.1 Å². The molecule has 0 bridgehead atoms. The monoisotopic (exact) mass is 414 g/mol. The molecule has 0 unspecified atom stereocenters. The van der Waals surface area contributed by atoms with Crippen LogP contribution in [0.5, 0.6) is 5.75 Å². The Hall–Kier alpha value is -2.47. The van der Waals surface area contributed by atoms with Crippen molar-refractivity contribution in [2.45, 2.75) is 45.6 Å². The molecule has 2 heterocycles. The van der Waals surface area contributed by atoms with E-state index in [2.05, 4.69) is 5.32 Å². The molecule has 160 valence electrons. The first-order chi connectivity index (χ1) is 14.2. The number of carbonyl (C=O) groups excluding carboxylic acids is 1. The van der Waals surface area contributed by atoms with Crippen molar-refractivity contribution in [3.8, 4) is 5.75 Å². The molecule has 1 spiro atoms. The lowest BCUT2D eigenvalue weighted by Crippen LogP contribution is -2.46. The molecule has 1 fully saturated rings. The minimum absolute atomic E-state index is 0.116. The normalized spacial score (nSPS) is 17.8. The van der Waals surface area contributed by atoms with Crippen LogP contribution in [0.2, 0.25) is 0 Å². The molecule has 0 aromatic heterocycles. The number of nitrogens with one attached hydrogen (secondary N) is 1. The maximum Gasteiger partial charge on any atom is 0.232 e. The van der Waals surface area contributed by atoms with Gasteiger partial charge in [-0.05, 0) is 31.5 Å². The molecule has 4 nitrogen and oxygen atoms in total. The average molecular weight is 414 g/mol. The number of hydrogen-bond acceptors (Lipinski definition) is 3. The average Bonchev–Trinajstić information content (AvgIpc) is 3.04. The van der Waals surface area contributed by atoms with Crippen LogP contribution in [0, 0.1) is 17.0 Å². The molecule has 4 rings (SSSR count). The molecular weight excluding hydrogens is 386 g/mol. The van der Waals surface area contributed by atoms with Gasteiger partial charge in [0.05, 0.1) is 5.69 Å². The molecular formula is C24H28F2N2O2. The maximum atomic E-state index is 15.2. The van der Waals surface area contributed by atoms with E-state index in [1.54, 1.807) is 4.90 Å². The highest BCUT2D eigenvalue weighted by atomic mass is 19.2. The van der Waals surface area contributed by atoms with Gasteiger partial charge in [0.15, 0.2) is 11.6 Å². The van der Waals surface area contributed by atoms with E-state index >= 15 is 4.39 Å². The fourth-order valence-electron chi connectivity index (χ4n) is 4.54. The maximum absolute atomic E-state index is 15.2. The number of fused-ring (bicyclic) bond motifs is 2. The van der Waals surface area contributed by atoms with E-state index in [1.165, 1.54) is 0 Å². The van der Waals surface area contributed by atoms with Crippen LogP contribution < -0.4 is 15.0 Å². The van der Waals surface area contributed by atoms with E-state index in [0.717, 1.165) is 11.6 Å².